The fourth-order valence-corrected chi connectivity index (χ4v) is 2.88. The van der Waals surface area contributed by atoms with Crippen molar-refractivity contribution in [3.05, 3.63) is 35.9 Å². The number of benzene rings is 1. The number of nitrogens with two attached hydrogens (primary N) is 1. The zero-order chi connectivity index (χ0) is 25.1. The minimum Gasteiger partial charge on any atom is -0.481 e. The standard InChI is InChI=1S/C20H28N4O8S/c1-10(25)16(24-17(28)12(21)9-33)19(30)22-13(8-15(26)27)18(29)23-14(20(31)32)7-11-5-3-2-4-6-11/h2-6,10,12-14,16,25,33H,7-9,21H2,1H3,(H,22,30)(H,23,29)(H,24,28)(H,26,27)(H,31,32). The molecule has 0 saturated heterocycles. The first-order valence-electron chi connectivity index (χ1n) is 9.90. The van der Waals surface area contributed by atoms with Crippen molar-refractivity contribution >= 4 is 42.3 Å². The highest BCUT2D eigenvalue weighted by molar-refractivity contribution is 7.80. The number of carboxylic acid groups (broad SMARTS) is 2. The second kappa shape index (κ2) is 13.4. The number of rotatable bonds is 13. The summed E-state index contributed by atoms with van der Waals surface area (Å²) in [6.45, 7) is 1.20. The number of carbonyl (C=O) groups excluding carboxylic acids is 3. The molecule has 182 valence electrons. The van der Waals surface area contributed by atoms with Gasteiger partial charge in [-0.1, -0.05) is 30.3 Å². The molecule has 0 spiro atoms. The molecule has 0 aliphatic rings. The molecule has 0 radical (unpaired) electrons. The molecule has 3 amide bonds. The summed E-state index contributed by atoms with van der Waals surface area (Å²) in [6, 6.07) is 2.73. The summed E-state index contributed by atoms with van der Waals surface area (Å²) in [5, 5.41) is 35.0. The minimum atomic E-state index is -1.68. The molecule has 12 nitrogen and oxygen atoms in total. The van der Waals surface area contributed by atoms with Gasteiger partial charge in [-0.2, -0.15) is 12.6 Å². The maximum Gasteiger partial charge on any atom is 0.326 e. The zero-order valence-electron chi connectivity index (χ0n) is 17.8. The molecule has 1 rings (SSSR count). The van der Waals surface area contributed by atoms with Crippen LogP contribution in [0.2, 0.25) is 0 Å². The number of thiol groups is 1. The molecule has 0 heterocycles. The van der Waals surface area contributed by atoms with Crippen LogP contribution < -0.4 is 21.7 Å². The monoisotopic (exact) mass is 484 g/mol. The van der Waals surface area contributed by atoms with Crippen molar-refractivity contribution in [3.63, 3.8) is 0 Å². The van der Waals surface area contributed by atoms with E-state index in [1.165, 1.54) is 6.92 Å². The minimum absolute atomic E-state index is 0.0397. The lowest BCUT2D eigenvalue weighted by atomic mass is 10.0. The van der Waals surface area contributed by atoms with Gasteiger partial charge in [0.15, 0.2) is 0 Å². The fraction of sp³-hybridized carbons (Fsp3) is 0.450. The molecule has 1 aromatic rings. The van der Waals surface area contributed by atoms with E-state index in [1.54, 1.807) is 30.3 Å². The summed E-state index contributed by atoms with van der Waals surface area (Å²) in [5.41, 5.74) is 6.14. The quantitative estimate of drug-likeness (QED) is 0.144. The zero-order valence-corrected chi connectivity index (χ0v) is 18.7. The Bertz CT molecular complexity index is 852. The lowest BCUT2D eigenvalue weighted by molar-refractivity contribution is -0.143. The summed E-state index contributed by atoms with van der Waals surface area (Å²) in [6.07, 6.45) is -2.37. The van der Waals surface area contributed by atoms with Crippen molar-refractivity contribution < 1.29 is 39.3 Å². The van der Waals surface area contributed by atoms with Gasteiger partial charge in [0.05, 0.1) is 18.6 Å². The summed E-state index contributed by atoms with van der Waals surface area (Å²) in [7, 11) is 0. The second-order valence-electron chi connectivity index (χ2n) is 7.26. The average molecular weight is 485 g/mol. The van der Waals surface area contributed by atoms with Crippen molar-refractivity contribution in [3.8, 4) is 0 Å². The smallest absolute Gasteiger partial charge is 0.326 e. The van der Waals surface area contributed by atoms with Gasteiger partial charge in [-0.05, 0) is 12.5 Å². The third-order valence-electron chi connectivity index (χ3n) is 4.51. The van der Waals surface area contributed by atoms with Gasteiger partial charge in [0.1, 0.15) is 18.1 Å². The Morgan fingerprint density at radius 2 is 1.52 bits per heavy atom. The van der Waals surface area contributed by atoms with Crippen LogP contribution in [0.5, 0.6) is 0 Å². The summed E-state index contributed by atoms with van der Waals surface area (Å²) < 4.78 is 0. The second-order valence-corrected chi connectivity index (χ2v) is 7.63. The van der Waals surface area contributed by atoms with Crippen LogP contribution in [0, 0.1) is 0 Å². The number of carboxylic acids is 2. The summed E-state index contributed by atoms with van der Waals surface area (Å²) in [5.74, 6) is -5.75. The third kappa shape index (κ3) is 9.47. The molecular weight excluding hydrogens is 456 g/mol. The van der Waals surface area contributed by atoms with E-state index in [4.69, 9.17) is 10.8 Å². The number of aliphatic hydroxyl groups is 1. The van der Waals surface area contributed by atoms with E-state index in [2.05, 4.69) is 28.6 Å². The van der Waals surface area contributed by atoms with Gasteiger partial charge < -0.3 is 37.0 Å². The van der Waals surface area contributed by atoms with Crippen LogP contribution in [0.3, 0.4) is 0 Å². The van der Waals surface area contributed by atoms with E-state index in [0.717, 1.165) is 0 Å². The lowest BCUT2D eigenvalue weighted by Gasteiger charge is -2.25. The number of aliphatic carboxylic acids is 2. The Hall–Kier alpha value is -3.16. The highest BCUT2D eigenvalue weighted by Crippen LogP contribution is 2.05. The molecule has 1 aromatic carbocycles. The SMILES string of the molecule is CC(O)C(NC(=O)C(N)CS)C(=O)NC(CC(=O)O)C(=O)NC(Cc1ccccc1)C(=O)O. The maximum absolute atomic E-state index is 12.7. The number of amides is 3. The first-order valence-corrected chi connectivity index (χ1v) is 10.5. The Kier molecular flexibility index (Phi) is 11.3. The molecule has 33 heavy (non-hydrogen) atoms. The van der Waals surface area contributed by atoms with Crippen LogP contribution in [0.15, 0.2) is 30.3 Å². The van der Waals surface area contributed by atoms with Crippen LogP contribution in [0.1, 0.15) is 18.9 Å². The van der Waals surface area contributed by atoms with Crippen molar-refractivity contribution in [2.24, 2.45) is 5.73 Å². The van der Waals surface area contributed by atoms with E-state index in [1.807, 2.05) is 0 Å². The van der Waals surface area contributed by atoms with Crippen molar-refractivity contribution in [1.82, 2.24) is 16.0 Å². The van der Waals surface area contributed by atoms with Crippen molar-refractivity contribution in [2.45, 2.75) is 50.0 Å². The number of nitrogens with one attached hydrogen (secondary N) is 3. The van der Waals surface area contributed by atoms with Crippen LogP contribution in [-0.4, -0.2) is 81.0 Å². The molecule has 5 unspecified atom stereocenters. The van der Waals surface area contributed by atoms with Crippen molar-refractivity contribution in [1.29, 1.82) is 0 Å². The first kappa shape index (κ1) is 27.9. The normalized spacial score (nSPS) is 15.3. The molecule has 0 bridgehead atoms. The number of carbonyl (C=O) groups is 5. The van der Waals surface area contributed by atoms with E-state index in [9.17, 15) is 34.2 Å². The van der Waals surface area contributed by atoms with Gasteiger partial charge in [-0.15, -0.1) is 0 Å². The molecule has 8 N–H and O–H groups in total. The Balaban J connectivity index is 2.98. The van der Waals surface area contributed by atoms with Crippen LogP contribution >= 0.6 is 12.6 Å². The molecule has 0 saturated carbocycles. The highest BCUT2D eigenvalue weighted by Gasteiger charge is 2.33. The van der Waals surface area contributed by atoms with Crippen LogP contribution in [0.4, 0.5) is 0 Å². The average Bonchev–Trinajstić information content (AvgIpc) is 2.75. The third-order valence-corrected chi connectivity index (χ3v) is 4.90. The van der Waals surface area contributed by atoms with Gasteiger partial charge in [-0.3, -0.25) is 19.2 Å². The van der Waals surface area contributed by atoms with Gasteiger partial charge >= 0.3 is 11.9 Å². The van der Waals surface area contributed by atoms with Gasteiger partial charge in [-0.25, -0.2) is 4.79 Å². The largest absolute Gasteiger partial charge is 0.481 e. The fourth-order valence-electron chi connectivity index (χ4n) is 2.72. The molecular formula is C20H28N4O8S. The summed E-state index contributed by atoms with van der Waals surface area (Å²) in [4.78, 5) is 60.1. The van der Waals surface area contributed by atoms with Crippen molar-refractivity contribution in [2.75, 3.05) is 5.75 Å². The van der Waals surface area contributed by atoms with Gasteiger partial charge in [0.25, 0.3) is 0 Å². The predicted octanol–water partition coefficient (Wildman–Crippen LogP) is -2.12. The Morgan fingerprint density at radius 3 is 2.00 bits per heavy atom. The Labute approximate surface area is 195 Å². The van der Waals surface area contributed by atoms with Gasteiger partial charge in [0.2, 0.25) is 17.7 Å². The molecule has 0 fully saturated rings. The molecule has 5 atom stereocenters. The molecule has 0 aliphatic heterocycles. The molecule has 0 aliphatic carbocycles. The van der Waals surface area contributed by atoms with E-state index in [-0.39, 0.29) is 12.2 Å². The number of hydrogen-bond donors (Lipinski definition) is 8. The topological polar surface area (TPSA) is 208 Å². The first-order chi connectivity index (χ1) is 15.5. The highest BCUT2D eigenvalue weighted by atomic mass is 32.1. The van der Waals surface area contributed by atoms with E-state index >= 15 is 0 Å². The van der Waals surface area contributed by atoms with Crippen LogP contribution in [0.25, 0.3) is 0 Å². The lowest BCUT2D eigenvalue weighted by Crippen LogP contribution is -2.60. The van der Waals surface area contributed by atoms with E-state index in [0.29, 0.717) is 5.56 Å². The Morgan fingerprint density at radius 1 is 0.939 bits per heavy atom. The maximum atomic E-state index is 12.7. The predicted molar refractivity (Wildman–Crippen MR) is 119 cm³/mol. The van der Waals surface area contributed by atoms with E-state index < -0.39 is 66.4 Å². The summed E-state index contributed by atoms with van der Waals surface area (Å²) >= 11 is 3.87. The molecule has 0 aromatic heterocycles. The van der Waals surface area contributed by atoms with Crippen LogP contribution in [-0.2, 0) is 30.4 Å². The van der Waals surface area contributed by atoms with Gasteiger partial charge in [0, 0.05) is 12.2 Å². The molecule has 13 heteroatoms. The number of hydrogen-bond acceptors (Lipinski definition) is 8. The number of aliphatic hydroxyl groups excluding tert-OH is 1.